The van der Waals surface area contributed by atoms with Crippen molar-refractivity contribution in [2.45, 2.75) is 23.5 Å². The van der Waals surface area contributed by atoms with Crippen LogP contribution < -0.4 is 5.32 Å². The zero-order chi connectivity index (χ0) is 14.4. The molecule has 0 spiro atoms. The normalized spacial score (nSPS) is 10.9. The molecule has 0 amide bonds. The minimum atomic E-state index is 0.720. The van der Waals surface area contributed by atoms with Crippen molar-refractivity contribution >= 4 is 11.8 Å². The summed E-state index contributed by atoms with van der Waals surface area (Å²) < 4.78 is 6.83. The molecule has 0 bridgehead atoms. The summed E-state index contributed by atoms with van der Waals surface area (Å²) in [5.74, 6) is 0. The first-order valence-electron chi connectivity index (χ1n) is 6.51. The quantitative estimate of drug-likeness (QED) is 0.791. The lowest BCUT2D eigenvalue weighted by atomic mass is 10.1. The molecule has 1 aromatic carbocycles. The molecule has 2 rings (SSSR count). The molecule has 0 radical (unpaired) electrons. The van der Waals surface area contributed by atoms with Gasteiger partial charge in [-0.2, -0.15) is 5.10 Å². The van der Waals surface area contributed by atoms with Crippen LogP contribution in [0, 0.1) is 6.92 Å². The monoisotopic (exact) mass is 292 g/mol. The standard InChI is InChI=1S/C14H20N4OS/c1-11-4-5-13(20-14-16-10-17-18(14)2)12(8-11)9-15-6-7-19-3/h4-5,8,10,15H,6-7,9H2,1-3H3. The van der Waals surface area contributed by atoms with E-state index in [1.165, 1.54) is 16.0 Å². The van der Waals surface area contributed by atoms with Crippen LogP contribution in [-0.4, -0.2) is 35.0 Å². The van der Waals surface area contributed by atoms with Crippen LogP contribution in [-0.2, 0) is 18.3 Å². The Bertz CT molecular complexity index is 556. The first-order valence-corrected chi connectivity index (χ1v) is 7.33. The lowest BCUT2D eigenvalue weighted by Gasteiger charge is -2.11. The van der Waals surface area contributed by atoms with Crippen LogP contribution in [0.15, 0.2) is 34.6 Å². The van der Waals surface area contributed by atoms with Gasteiger partial charge < -0.3 is 10.1 Å². The number of benzene rings is 1. The number of aromatic nitrogens is 3. The van der Waals surface area contributed by atoms with Gasteiger partial charge in [0.15, 0.2) is 5.16 Å². The van der Waals surface area contributed by atoms with Gasteiger partial charge in [-0.05, 0) is 30.3 Å². The fourth-order valence-electron chi connectivity index (χ4n) is 1.82. The molecule has 0 saturated carbocycles. The van der Waals surface area contributed by atoms with Gasteiger partial charge in [-0.15, -0.1) is 0 Å². The highest BCUT2D eigenvalue weighted by molar-refractivity contribution is 7.99. The van der Waals surface area contributed by atoms with Crippen LogP contribution in [0.3, 0.4) is 0 Å². The zero-order valence-corrected chi connectivity index (χ0v) is 12.9. The van der Waals surface area contributed by atoms with Gasteiger partial charge in [-0.1, -0.05) is 17.7 Å². The van der Waals surface area contributed by atoms with Crippen LogP contribution in [0.25, 0.3) is 0 Å². The van der Waals surface area contributed by atoms with E-state index in [1.807, 2.05) is 7.05 Å². The average molecular weight is 292 g/mol. The van der Waals surface area contributed by atoms with Crippen LogP contribution in [0.5, 0.6) is 0 Å². The summed E-state index contributed by atoms with van der Waals surface area (Å²) in [6.45, 7) is 4.50. The average Bonchev–Trinajstić information content (AvgIpc) is 2.83. The Morgan fingerprint density at radius 1 is 1.40 bits per heavy atom. The van der Waals surface area contributed by atoms with Crippen LogP contribution in [0.2, 0.25) is 0 Å². The maximum absolute atomic E-state index is 5.05. The zero-order valence-electron chi connectivity index (χ0n) is 12.1. The summed E-state index contributed by atoms with van der Waals surface area (Å²) in [6.07, 6.45) is 1.58. The lowest BCUT2D eigenvalue weighted by Crippen LogP contribution is -2.19. The van der Waals surface area contributed by atoms with E-state index in [2.05, 4.69) is 40.5 Å². The number of hydrogen-bond donors (Lipinski definition) is 1. The van der Waals surface area contributed by atoms with Crippen LogP contribution >= 0.6 is 11.8 Å². The summed E-state index contributed by atoms with van der Waals surface area (Å²) in [5, 5.41) is 8.38. The van der Waals surface area contributed by atoms with Crippen molar-refractivity contribution in [2.75, 3.05) is 20.3 Å². The minimum Gasteiger partial charge on any atom is -0.383 e. The van der Waals surface area contributed by atoms with E-state index in [4.69, 9.17) is 4.74 Å². The summed E-state index contributed by atoms with van der Waals surface area (Å²) in [6, 6.07) is 6.47. The lowest BCUT2D eigenvalue weighted by molar-refractivity contribution is 0.199. The third-order valence-electron chi connectivity index (χ3n) is 2.89. The van der Waals surface area contributed by atoms with Crippen molar-refractivity contribution in [3.8, 4) is 0 Å². The van der Waals surface area contributed by atoms with E-state index in [-0.39, 0.29) is 0 Å². The van der Waals surface area contributed by atoms with E-state index in [9.17, 15) is 0 Å². The van der Waals surface area contributed by atoms with Crippen molar-refractivity contribution in [3.05, 3.63) is 35.7 Å². The third kappa shape index (κ3) is 4.06. The first-order chi connectivity index (χ1) is 9.70. The van der Waals surface area contributed by atoms with E-state index in [0.29, 0.717) is 0 Å². The molecule has 1 aromatic heterocycles. The van der Waals surface area contributed by atoms with Crippen molar-refractivity contribution in [1.82, 2.24) is 20.1 Å². The van der Waals surface area contributed by atoms with Crippen molar-refractivity contribution < 1.29 is 4.74 Å². The van der Waals surface area contributed by atoms with Gasteiger partial charge in [0.2, 0.25) is 0 Å². The molecule has 0 aliphatic heterocycles. The Kier molecular flexibility index (Phi) is 5.58. The van der Waals surface area contributed by atoms with E-state index >= 15 is 0 Å². The van der Waals surface area contributed by atoms with Gasteiger partial charge >= 0.3 is 0 Å². The fraction of sp³-hybridized carbons (Fsp3) is 0.429. The van der Waals surface area contributed by atoms with E-state index in [1.54, 1.807) is 29.9 Å². The molecule has 0 fully saturated rings. The molecular formula is C14H20N4OS. The molecule has 0 aliphatic rings. The molecule has 0 aliphatic carbocycles. The first kappa shape index (κ1) is 15.0. The third-order valence-corrected chi connectivity index (χ3v) is 4.06. The van der Waals surface area contributed by atoms with Gasteiger partial charge in [0, 0.05) is 32.1 Å². The molecule has 5 nitrogen and oxygen atoms in total. The highest BCUT2D eigenvalue weighted by Gasteiger charge is 2.08. The van der Waals surface area contributed by atoms with Crippen molar-refractivity contribution in [3.63, 3.8) is 0 Å². The molecule has 0 unspecified atom stereocenters. The Hall–Kier alpha value is -1.37. The Balaban J connectivity index is 2.09. The molecule has 0 atom stereocenters. The van der Waals surface area contributed by atoms with Gasteiger partial charge in [0.25, 0.3) is 0 Å². The molecule has 6 heteroatoms. The van der Waals surface area contributed by atoms with Crippen molar-refractivity contribution in [1.29, 1.82) is 0 Å². The summed E-state index contributed by atoms with van der Waals surface area (Å²) in [5.41, 5.74) is 2.53. The second-order valence-corrected chi connectivity index (χ2v) is 5.56. The SMILES string of the molecule is COCCNCc1cc(C)ccc1Sc1ncnn1C. The number of nitrogens with one attached hydrogen (secondary N) is 1. The van der Waals surface area contributed by atoms with Gasteiger partial charge in [0.05, 0.1) is 6.61 Å². The maximum Gasteiger partial charge on any atom is 0.190 e. The van der Waals surface area contributed by atoms with Gasteiger partial charge in [0.1, 0.15) is 6.33 Å². The molecule has 108 valence electrons. The predicted octanol–water partition coefficient (Wildman–Crippen LogP) is 2.01. The Morgan fingerprint density at radius 2 is 2.25 bits per heavy atom. The Morgan fingerprint density at radius 3 is 2.95 bits per heavy atom. The molecule has 20 heavy (non-hydrogen) atoms. The molecule has 1 heterocycles. The number of ether oxygens (including phenoxy) is 1. The highest BCUT2D eigenvalue weighted by Crippen LogP contribution is 2.29. The summed E-state index contributed by atoms with van der Waals surface area (Å²) >= 11 is 1.64. The minimum absolute atomic E-state index is 0.720. The maximum atomic E-state index is 5.05. The van der Waals surface area contributed by atoms with Crippen molar-refractivity contribution in [2.24, 2.45) is 7.05 Å². The molecule has 0 saturated heterocycles. The second kappa shape index (κ2) is 7.42. The van der Waals surface area contributed by atoms with Crippen LogP contribution in [0.1, 0.15) is 11.1 Å². The predicted molar refractivity (Wildman–Crippen MR) is 79.9 cm³/mol. The number of nitrogens with zero attached hydrogens (tertiary/aromatic N) is 3. The summed E-state index contributed by atoms with van der Waals surface area (Å²) in [7, 11) is 3.61. The second-order valence-electron chi connectivity index (χ2n) is 4.55. The molecular weight excluding hydrogens is 272 g/mol. The number of rotatable bonds is 7. The largest absolute Gasteiger partial charge is 0.383 e. The fourth-order valence-corrected chi connectivity index (χ4v) is 2.69. The number of aryl methyl sites for hydroxylation is 2. The Labute approximate surface area is 123 Å². The number of methoxy groups -OCH3 is 1. The highest BCUT2D eigenvalue weighted by atomic mass is 32.2. The van der Waals surface area contributed by atoms with Gasteiger partial charge in [-0.3, -0.25) is 0 Å². The number of hydrogen-bond acceptors (Lipinski definition) is 5. The molecule has 1 N–H and O–H groups in total. The summed E-state index contributed by atoms with van der Waals surface area (Å²) in [4.78, 5) is 5.46. The van der Waals surface area contributed by atoms with E-state index in [0.717, 1.165) is 24.9 Å². The smallest absolute Gasteiger partial charge is 0.190 e. The van der Waals surface area contributed by atoms with Crippen LogP contribution in [0.4, 0.5) is 0 Å². The molecule has 2 aromatic rings. The topological polar surface area (TPSA) is 52.0 Å². The van der Waals surface area contributed by atoms with Gasteiger partial charge in [-0.25, -0.2) is 9.67 Å². The van der Waals surface area contributed by atoms with E-state index < -0.39 is 0 Å².